The van der Waals surface area contributed by atoms with Gasteiger partial charge >= 0.3 is 6.18 Å². The van der Waals surface area contributed by atoms with Gasteiger partial charge in [-0.05, 0) is 30.7 Å². The Bertz CT molecular complexity index is 640. The number of halogens is 3. The number of carbonyl (C=O) groups excluding carboxylic acids is 1. The summed E-state index contributed by atoms with van der Waals surface area (Å²) in [6, 6.07) is 3.68. The minimum Gasteiger partial charge on any atom is -0.293 e. The van der Waals surface area contributed by atoms with Gasteiger partial charge in [0.05, 0.1) is 10.5 Å². The van der Waals surface area contributed by atoms with E-state index in [0.717, 1.165) is 17.8 Å². The van der Waals surface area contributed by atoms with Crippen LogP contribution in [0.25, 0.3) is 6.08 Å². The number of rotatable bonds is 2. The summed E-state index contributed by atoms with van der Waals surface area (Å²) in [7, 11) is 0. The van der Waals surface area contributed by atoms with Crippen molar-refractivity contribution in [1.82, 2.24) is 4.90 Å². The lowest BCUT2D eigenvalue weighted by Gasteiger charge is -2.12. The van der Waals surface area contributed by atoms with Crippen LogP contribution in [-0.4, -0.2) is 21.7 Å². The molecule has 0 aromatic heterocycles. The van der Waals surface area contributed by atoms with Gasteiger partial charge in [-0.1, -0.05) is 30.0 Å². The number of thioether (sulfide) groups is 1. The van der Waals surface area contributed by atoms with E-state index in [1.807, 2.05) is 0 Å². The normalized spacial score (nSPS) is 18.0. The molecule has 1 heterocycles. The van der Waals surface area contributed by atoms with Gasteiger partial charge in [0.1, 0.15) is 4.32 Å². The molecule has 0 bridgehead atoms. The molecule has 0 saturated carbocycles. The molecule has 1 aliphatic rings. The summed E-state index contributed by atoms with van der Waals surface area (Å²) in [6.45, 7) is 2.15. The first-order chi connectivity index (χ1) is 9.74. The van der Waals surface area contributed by atoms with E-state index in [1.54, 1.807) is 6.92 Å². The van der Waals surface area contributed by atoms with E-state index in [2.05, 4.69) is 12.6 Å². The first kappa shape index (κ1) is 16.4. The number of thiocarbonyl (C=S) groups is 1. The average molecular weight is 349 g/mol. The molecule has 0 unspecified atom stereocenters. The fourth-order valence-corrected chi connectivity index (χ4v) is 3.41. The third-order valence-electron chi connectivity index (χ3n) is 2.82. The molecule has 112 valence electrons. The summed E-state index contributed by atoms with van der Waals surface area (Å²) < 4.78 is 39.4. The van der Waals surface area contributed by atoms with Gasteiger partial charge in [-0.3, -0.25) is 9.69 Å². The van der Waals surface area contributed by atoms with E-state index in [-0.39, 0.29) is 21.3 Å². The first-order valence-electron chi connectivity index (χ1n) is 5.89. The van der Waals surface area contributed by atoms with Gasteiger partial charge in [0.15, 0.2) is 0 Å². The molecule has 1 amide bonds. The fourth-order valence-electron chi connectivity index (χ4n) is 1.83. The lowest BCUT2D eigenvalue weighted by Crippen LogP contribution is -2.27. The summed E-state index contributed by atoms with van der Waals surface area (Å²) in [5.74, 6) is -0.365. The van der Waals surface area contributed by atoms with Gasteiger partial charge in [0, 0.05) is 11.4 Å². The van der Waals surface area contributed by atoms with E-state index in [0.29, 0.717) is 10.9 Å². The Labute approximate surface area is 134 Å². The second kappa shape index (κ2) is 6.02. The van der Waals surface area contributed by atoms with Crippen LogP contribution >= 0.6 is 36.6 Å². The zero-order valence-electron chi connectivity index (χ0n) is 10.8. The second-order valence-electron chi connectivity index (χ2n) is 4.20. The molecule has 1 aromatic carbocycles. The van der Waals surface area contributed by atoms with Gasteiger partial charge in [0.2, 0.25) is 0 Å². The maximum absolute atomic E-state index is 13.0. The second-order valence-corrected chi connectivity index (χ2v) is 6.39. The van der Waals surface area contributed by atoms with Crippen LogP contribution in [0, 0.1) is 0 Å². The predicted molar refractivity (Wildman–Crippen MR) is 84.2 cm³/mol. The molecule has 0 spiro atoms. The van der Waals surface area contributed by atoms with Gasteiger partial charge in [-0.2, -0.15) is 13.2 Å². The minimum atomic E-state index is -4.51. The summed E-state index contributed by atoms with van der Waals surface area (Å²) in [6.07, 6.45) is -3.28. The van der Waals surface area contributed by atoms with Crippen LogP contribution in [-0.2, 0) is 11.0 Å². The van der Waals surface area contributed by atoms with Crippen molar-refractivity contribution in [2.24, 2.45) is 0 Å². The Hall–Kier alpha value is -0.990. The Morgan fingerprint density at radius 1 is 1.43 bits per heavy atom. The first-order valence-corrected chi connectivity index (χ1v) is 7.56. The highest BCUT2D eigenvalue weighted by Crippen LogP contribution is 2.37. The number of likely N-dealkylation sites (N-methyl/N-ethyl adjacent to an activating group) is 1. The summed E-state index contributed by atoms with van der Waals surface area (Å²) in [5.41, 5.74) is -0.895. The molecule has 2 nitrogen and oxygen atoms in total. The van der Waals surface area contributed by atoms with Gasteiger partial charge in [-0.15, -0.1) is 12.6 Å². The van der Waals surface area contributed by atoms with Crippen molar-refractivity contribution in [3.05, 3.63) is 34.2 Å². The lowest BCUT2D eigenvalue weighted by atomic mass is 10.1. The highest BCUT2D eigenvalue weighted by atomic mass is 32.2. The average Bonchev–Trinajstić information content (AvgIpc) is 2.65. The molecule has 2 rings (SSSR count). The van der Waals surface area contributed by atoms with E-state index < -0.39 is 11.7 Å². The van der Waals surface area contributed by atoms with Crippen LogP contribution in [0.15, 0.2) is 28.0 Å². The standard InChI is InChI=1S/C13H10F3NOS3/c1-2-17-11(18)10(21-12(17)20)5-7-3-4-8(19)6-9(7)13(14,15)16/h3-6,19H,2H2,1H3/b10-5-. The quantitative estimate of drug-likeness (QED) is 0.491. The number of benzene rings is 1. The molecule has 1 saturated heterocycles. The molecule has 21 heavy (non-hydrogen) atoms. The monoisotopic (exact) mass is 349 g/mol. The van der Waals surface area contributed by atoms with Crippen LogP contribution < -0.4 is 0 Å². The third-order valence-corrected chi connectivity index (χ3v) is 4.47. The van der Waals surface area contributed by atoms with Crippen molar-refractivity contribution in [2.75, 3.05) is 6.54 Å². The van der Waals surface area contributed by atoms with Crippen LogP contribution in [0.5, 0.6) is 0 Å². The molecular weight excluding hydrogens is 339 g/mol. The van der Waals surface area contributed by atoms with E-state index >= 15 is 0 Å². The molecule has 1 aliphatic heterocycles. The Kier molecular flexibility index (Phi) is 4.69. The van der Waals surface area contributed by atoms with Crippen LogP contribution in [0.4, 0.5) is 13.2 Å². The fraction of sp³-hybridized carbons (Fsp3) is 0.231. The van der Waals surface area contributed by atoms with Crippen molar-refractivity contribution in [2.45, 2.75) is 18.0 Å². The highest BCUT2D eigenvalue weighted by molar-refractivity contribution is 8.26. The van der Waals surface area contributed by atoms with Crippen molar-refractivity contribution < 1.29 is 18.0 Å². The summed E-state index contributed by atoms with van der Waals surface area (Å²) in [4.78, 5) is 13.8. The van der Waals surface area contributed by atoms with Crippen molar-refractivity contribution in [3.8, 4) is 0 Å². The number of nitrogens with zero attached hydrogens (tertiary/aromatic N) is 1. The number of amides is 1. The smallest absolute Gasteiger partial charge is 0.293 e. The molecule has 0 atom stereocenters. The molecule has 0 N–H and O–H groups in total. The van der Waals surface area contributed by atoms with Gasteiger partial charge in [-0.25, -0.2) is 0 Å². The summed E-state index contributed by atoms with van der Waals surface area (Å²) in [5, 5.41) is 0. The maximum Gasteiger partial charge on any atom is 0.417 e. The molecule has 1 aromatic rings. The third kappa shape index (κ3) is 3.44. The van der Waals surface area contributed by atoms with Crippen molar-refractivity contribution in [3.63, 3.8) is 0 Å². The topological polar surface area (TPSA) is 20.3 Å². The number of hydrogen-bond acceptors (Lipinski definition) is 4. The molecule has 8 heteroatoms. The summed E-state index contributed by atoms with van der Waals surface area (Å²) >= 11 is 9.96. The Balaban J connectivity index is 2.47. The van der Waals surface area contributed by atoms with Crippen molar-refractivity contribution in [1.29, 1.82) is 0 Å². The SMILES string of the molecule is CCN1C(=O)/C(=C/c2ccc(S)cc2C(F)(F)F)SC1=S. The number of hydrogen-bond donors (Lipinski definition) is 1. The number of alkyl halides is 3. The number of carbonyl (C=O) groups is 1. The lowest BCUT2D eigenvalue weighted by molar-refractivity contribution is -0.137. The minimum absolute atomic E-state index is 0.0723. The Morgan fingerprint density at radius 3 is 2.62 bits per heavy atom. The van der Waals surface area contributed by atoms with Gasteiger partial charge in [0.25, 0.3) is 5.91 Å². The Morgan fingerprint density at radius 2 is 2.10 bits per heavy atom. The predicted octanol–water partition coefficient (Wildman–Crippen LogP) is 4.22. The van der Waals surface area contributed by atoms with Crippen LogP contribution in [0.3, 0.4) is 0 Å². The van der Waals surface area contributed by atoms with Gasteiger partial charge < -0.3 is 0 Å². The highest BCUT2D eigenvalue weighted by Gasteiger charge is 2.35. The molecule has 1 fully saturated rings. The van der Waals surface area contributed by atoms with Crippen LogP contribution in [0.1, 0.15) is 18.1 Å². The molecular formula is C13H10F3NOS3. The zero-order chi connectivity index (χ0) is 15.8. The molecule has 0 aliphatic carbocycles. The maximum atomic E-state index is 13.0. The largest absolute Gasteiger partial charge is 0.417 e. The van der Waals surface area contributed by atoms with E-state index in [4.69, 9.17) is 12.2 Å². The van der Waals surface area contributed by atoms with E-state index in [9.17, 15) is 18.0 Å². The van der Waals surface area contributed by atoms with E-state index in [1.165, 1.54) is 23.1 Å². The number of thiol groups is 1. The van der Waals surface area contributed by atoms with Crippen LogP contribution in [0.2, 0.25) is 0 Å². The zero-order valence-corrected chi connectivity index (χ0v) is 13.3. The van der Waals surface area contributed by atoms with Crippen molar-refractivity contribution >= 4 is 52.9 Å². The molecule has 0 radical (unpaired) electrons.